The number of nitrogens with one attached hydrogen (secondary N) is 3. The maximum atomic E-state index is 12.5. The highest BCUT2D eigenvalue weighted by Gasteiger charge is 2.12. The second-order valence-corrected chi connectivity index (χ2v) is 8.81. The summed E-state index contributed by atoms with van der Waals surface area (Å²) in [5, 5.41) is 24.3. The summed E-state index contributed by atoms with van der Waals surface area (Å²) in [5.41, 5.74) is 4.03. The highest BCUT2D eigenvalue weighted by Crippen LogP contribution is 2.34. The van der Waals surface area contributed by atoms with E-state index in [1.165, 1.54) is 11.3 Å². The molecule has 10 heteroatoms. The van der Waals surface area contributed by atoms with Crippen LogP contribution < -0.4 is 15.4 Å². The molecule has 0 spiro atoms. The van der Waals surface area contributed by atoms with Gasteiger partial charge in [0.2, 0.25) is 11.0 Å². The van der Waals surface area contributed by atoms with E-state index in [4.69, 9.17) is 16.3 Å². The van der Waals surface area contributed by atoms with Crippen LogP contribution in [0.15, 0.2) is 66.9 Å². The summed E-state index contributed by atoms with van der Waals surface area (Å²) in [6, 6.07) is 18.7. The van der Waals surface area contributed by atoms with Crippen molar-refractivity contribution in [3.63, 3.8) is 0 Å². The van der Waals surface area contributed by atoms with Crippen LogP contribution in [0.2, 0.25) is 5.02 Å². The number of aromatic amines is 1. The number of amides is 1. The molecule has 0 aliphatic heterocycles. The third-order valence-corrected chi connectivity index (χ3v) is 6.44. The maximum absolute atomic E-state index is 12.5. The Bertz CT molecular complexity index is 1460. The van der Waals surface area contributed by atoms with Crippen molar-refractivity contribution in [2.24, 2.45) is 0 Å². The Morgan fingerprint density at radius 1 is 1.12 bits per heavy atom. The van der Waals surface area contributed by atoms with Crippen LogP contribution in [0.5, 0.6) is 5.75 Å². The first-order chi connectivity index (χ1) is 16.6. The number of nitrogens with zero attached hydrogens (tertiary/aromatic N) is 3. The van der Waals surface area contributed by atoms with Crippen LogP contribution >= 0.6 is 22.9 Å². The number of rotatable bonds is 7. The van der Waals surface area contributed by atoms with Gasteiger partial charge in [-0.15, -0.1) is 10.2 Å². The molecule has 0 bridgehead atoms. The van der Waals surface area contributed by atoms with E-state index in [0.29, 0.717) is 20.8 Å². The van der Waals surface area contributed by atoms with E-state index in [1.807, 2.05) is 60.7 Å². The average molecular weight is 491 g/mol. The molecule has 0 radical (unpaired) electrons. The normalized spacial score (nSPS) is 10.9. The highest BCUT2D eigenvalue weighted by molar-refractivity contribution is 7.18. The van der Waals surface area contributed by atoms with Crippen molar-refractivity contribution in [1.82, 2.24) is 20.4 Å². The van der Waals surface area contributed by atoms with Crippen molar-refractivity contribution in [2.75, 3.05) is 17.7 Å². The number of ether oxygens (including phenoxy) is 1. The maximum Gasteiger partial charge on any atom is 0.228 e. The van der Waals surface area contributed by atoms with Crippen LogP contribution in [-0.2, 0) is 11.2 Å². The molecule has 0 aliphatic rings. The van der Waals surface area contributed by atoms with Gasteiger partial charge in [0.15, 0.2) is 0 Å². The van der Waals surface area contributed by atoms with E-state index in [9.17, 15) is 4.79 Å². The minimum absolute atomic E-state index is 0.105. The van der Waals surface area contributed by atoms with E-state index < -0.39 is 0 Å². The van der Waals surface area contributed by atoms with Gasteiger partial charge < -0.3 is 15.4 Å². The lowest BCUT2D eigenvalue weighted by Crippen LogP contribution is -2.14. The lowest BCUT2D eigenvalue weighted by Gasteiger charge is -2.07. The predicted molar refractivity (Wildman–Crippen MR) is 135 cm³/mol. The van der Waals surface area contributed by atoms with E-state index in [0.717, 1.165) is 33.5 Å². The predicted octanol–water partition coefficient (Wildman–Crippen LogP) is 5.67. The summed E-state index contributed by atoms with van der Waals surface area (Å²) in [4.78, 5) is 12.5. The van der Waals surface area contributed by atoms with Gasteiger partial charge in [0.05, 0.1) is 36.0 Å². The molecule has 3 N–H and O–H groups in total. The fraction of sp³-hybridized carbons (Fsp3) is 0.0833. The molecule has 2 aromatic heterocycles. The number of fused-ring (bicyclic) bond motifs is 1. The minimum Gasteiger partial charge on any atom is -0.497 e. The topological polar surface area (TPSA) is 105 Å². The van der Waals surface area contributed by atoms with Crippen LogP contribution in [0.4, 0.5) is 16.5 Å². The average Bonchev–Trinajstić information content (AvgIpc) is 3.52. The zero-order chi connectivity index (χ0) is 23.5. The van der Waals surface area contributed by atoms with Crippen LogP contribution in [0.1, 0.15) is 5.56 Å². The summed E-state index contributed by atoms with van der Waals surface area (Å²) in [6.07, 6.45) is 1.95. The van der Waals surface area contributed by atoms with Crippen molar-refractivity contribution in [2.45, 2.75) is 6.42 Å². The third kappa shape index (κ3) is 4.70. The molecular formula is C24H19ClN6O2S. The SMILES string of the molecule is COc1ccc(CC(=O)Nc2cccc(-c3nnc(Nc4ccc5[nH]ncc5c4Cl)s3)c2)cc1. The van der Waals surface area contributed by atoms with E-state index in [2.05, 4.69) is 31.0 Å². The Morgan fingerprint density at radius 2 is 1.97 bits per heavy atom. The zero-order valence-corrected chi connectivity index (χ0v) is 19.6. The Kier molecular flexibility index (Phi) is 6.11. The van der Waals surface area contributed by atoms with Crippen molar-refractivity contribution < 1.29 is 9.53 Å². The lowest BCUT2D eigenvalue weighted by atomic mass is 10.1. The van der Waals surface area contributed by atoms with Gasteiger partial charge in [-0.1, -0.05) is 47.2 Å². The highest BCUT2D eigenvalue weighted by atomic mass is 35.5. The van der Waals surface area contributed by atoms with Crippen molar-refractivity contribution in [3.8, 4) is 16.3 Å². The number of aromatic nitrogens is 4. The summed E-state index contributed by atoms with van der Waals surface area (Å²) < 4.78 is 5.15. The molecule has 8 nitrogen and oxygen atoms in total. The zero-order valence-electron chi connectivity index (χ0n) is 18.0. The quantitative estimate of drug-likeness (QED) is 0.271. The number of methoxy groups -OCH3 is 1. The first-order valence-corrected chi connectivity index (χ1v) is 11.5. The van der Waals surface area contributed by atoms with Crippen LogP contribution in [0.3, 0.4) is 0 Å². The number of benzene rings is 3. The van der Waals surface area contributed by atoms with Gasteiger partial charge in [0.1, 0.15) is 10.8 Å². The molecule has 1 amide bonds. The molecule has 0 saturated carbocycles. The molecule has 0 unspecified atom stereocenters. The third-order valence-electron chi connectivity index (χ3n) is 5.14. The Labute approximate surface area is 204 Å². The van der Waals surface area contributed by atoms with Gasteiger partial charge in [-0.05, 0) is 42.0 Å². The molecule has 5 aromatic rings. The van der Waals surface area contributed by atoms with Crippen LogP contribution in [0, 0.1) is 0 Å². The Hall–Kier alpha value is -3.95. The van der Waals surface area contributed by atoms with Crippen LogP contribution in [0.25, 0.3) is 21.5 Å². The molecule has 0 atom stereocenters. The molecule has 0 saturated heterocycles. The summed E-state index contributed by atoms with van der Waals surface area (Å²) in [6.45, 7) is 0. The Balaban J connectivity index is 1.27. The number of hydrogen-bond donors (Lipinski definition) is 3. The smallest absolute Gasteiger partial charge is 0.228 e. The number of carbonyl (C=O) groups excluding carboxylic acids is 1. The van der Waals surface area contributed by atoms with Gasteiger partial charge in [0, 0.05) is 16.6 Å². The molecule has 0 aliphatic carbocycles. The first-order valence-electron chi connectivity index (χ1n) is 10.3. The van der Waals surface area contributed by atoms with Gasteiger partial charge in [-0.3, -0.25) is 9.89 Å². The molecule has 0 fully saturated rings. The largest absolute Gasteiger partial charge is 0.497 e. The lowest BCUT2D eigenvalue weighted by molar-refractivity contribution is -0.115. The molecule has 5 rings (SSSR count). The fourth-order valence-corrected chi connectivity index (χ4v) is 4.46. The van der Waals surface area contributed by atoms with E-state index >= 15 is 0 Å². The summed E-state index contributed by atoms with van der Waals surface area (Å²) in [7, 11) is 1.61. The molecule has 2 heterocycles. The number of halogens is 1. The molecule has 170 valence electrons. The summed E-state index contributed by atoms with van der Waals surface area (Å²) >= 11 is 7.88. The minimum atomic E-state index is -0.105. The molecular weight excluding hydrogens is 472 g/mol. The van der Waals surface area contributed by atoms with E-state index in [1.54, 1.807) is 13.3 Å². The van der Waals surface area contributed by atoms with Crippen molar-refractivity contribution in [1.29, 1.82) is 0 Å². The number of anilines is 3. The summed E-state index contributed by atoms with van der Waals surface area (Å²) in [5.74, 6) is 0.651. The standard InChI is InChI=1S/C24H19ClN6O2S/c1-33-17-7-5-14(6-8-17)11-21(32)27-16-4-2-3-15(12-16)23-30-31-24(34-23)28-20-10-9-19-18(22(20)25)13-26-29-19/h2-10,12-13H,11H2,1H3,(H,26,29)(H,27,32)(H,28,31). The van der Waals surface area contributed by atoms with E-state index in [-0.39, 0.29) is 12.3 Å². The van der Waals surface area contributed by atoms with Crippen molar-refractivity contribution in [3.05, 3.63) is 77.4 Å². The first kappa shape index (κ1) is 21.9. The second kappa shape index (κ2) is 9.50. The van der Waals surface area contributed by atoms with Gasteiger partial charge in [-0.2, -0.15) is 5.10 Å². The second-order valence-electron chi connectivity index (χ2n) is 7.45. The van der Waals surface area contributed by atoms with Crippen molar-refractivity contribution >= 4 is 56.3 Å². The van der Waals surface area contributed by atoms with Gasteiger partial charge >= 0.3 is 0 Å². The van der Waals surface area contributed by atoms with Gasteiger partial charge in [0.25, 0.3) is 0 Å². The fourth-order valence-electron chi connectivity index (χ4n) is 3.45. The molecule has 3 aromatic carbocycles. The number of hydrogen-bond acceptors (Lipinski definition) is 7. The molecule has 34 heavy (non-hydrogen) atoms. The monoisotopic (exact) mass is 490 g/mol. The number of H-pyrrole nitrogens is 1. The Morgan fingerprint density at radius 3 is 2.79 bits per heavy atom. The number of carbonyl (C=O) groups is 1. The van der Waals surface area contributed by atoms with Crippen LogP contribution in [-0.4, -0.2) is 33.4 Å². The van der Waals surface area contributed by atoms with Gasteiger partial charge in [-0.25, -0.2) is 0 Å².